The van der Waals surface area contributed by atoms with Crippen LogP contribution in [-0.4, -0.2) is 110 Å². The van der Waals surface area contributed by atoms with Gasteiger partial charge in [-0.3, -0.25) is 14.5 Å². The van der Waals surface area contributed by atoms with Crippen LogP contribution in [0.25, 0.3) is 0 Å². The van der Waals surface area contributed by atoms with Gasteiger partial charge >= 0.3 is 11.9 Å². The third-order valence-electron chi connectivity index (χ3n) is 5.45. The van der Waals surface area contributed by atoms with Gasteiger partial charge in [0.1, 0.15) is 17.1 Å². The molecule has 2 aromatic heterocycles. The average molecular weight is 614 g/mol. The number of amides is 2. The van der Waals surface area contributed by atoms with Crippen LogP contribution in [0.3, 0.4) is 0 Å². The van der Waals surface area contributed by atoms with Gasteiger partial charge < -0.3 is 31.8 Å². The predicted molar refractivity (Wildman–Crippen MR) is 141 cm³/mol. The van der Waals surface area contributed by atoms with Crippen LogP contribution in [0.4, 0.5) is 5.13 Å². The number of fused-ring (bicyclic) bond motifs is 1. The van der Waals surface area contributed by atoms with E-state index in [2.05, 4.69) is 40.2 Å². The first-order valence-electron chi connectivity index (χ1n) is 11.5. The number of thioether (sulfide) groups is 2. The number of nitrogens with zero attached hydrogens (tertiary/aromatic N) is 8. The predicted octanol–water partition coefficient (Wildman–Crippen LogP) is -1.82. The van der Waals surface area contributed by atoms with E-state index >= 15 is 0 Å². The van der Waals surface area contributed by atoms with E-state index in [0.29, 0.717) is 23.8 Å². The number of aliphatic carboxylic acids is 2. The number of hydrogen-bond acceptors (Lipinski definition) is 16. The third-order valence-corrected chi connectivity index (χ3v) is 8.37. The van der Waals surface area contributed by atoms with Crippen molar-refractivity contribution in [2.75, 3.05) is 30.4 Å². The van der Waals surface area contributed by atoms with Gasteiger partial charge in [0, 0.05) is 29.6 Å². The van der Waals surface area contributed by atoms with E-state index in [9.17, 15) is 24.3 Å². The minimum absolute atomic E-state index is 0.0219. The summed E-state index contributed by atoms with van der Waals surface area (Å²) in [4.78, 5) is 58.6. The molecule has 7 N–H and O–H groups in total. The molecule has 0 aliphatic carbocycles. The second-order valence-electron chi connectivity index (χ2n) is 8.15. The fourth-order valence-corrected chi connectivity index (χ4v) is 6.49. The van der Waals surface area contributed by atoms with Gasteiger partial charge in [-0.15, -0.1) is 16.9 Å². The summed E-state index contributed by atoms with van der Waals surface area (Å²) in [6.07, 6.45) is 1.59. The second-order valence-corrected chi connectivity index (χ2v) is 11.0. The molecule has 21 heteroatoms. The van der Waals surface area contributed by atoms with Crippen LogP contribution in [0.15, 0.2) is 21.6 Å². The summed E-state index contributed by atoms with van der Waals surface area (Å²) >= 11 is 3.30. The topological polar surface area (TPSA) is 267 Å². The number of aromatic nitrogens is 6. The summed E-state index contributed by atoms with van der Waals surface area (Å²) in [5.74, 6) is -3.90. The largest absolute Gasteiger partial charge is 0.479 e. The number of carboxylic acids is 2. The highest BCUT2D eigenvalue weighted by Crippen LogP contribution is 2.41. The van der Waals surface area contributed by atoms with Crippen molar-refractivity contribution in [1.82, 2.24) is 39.8 Å². The van der Waals surface area contributed by atoms with E-state index in [1.807, 2.05) is 0 Å². The van der Waals surface area contributed by atoms with Crippen LogP contribution < -0.4 is 16.8 Å². The number of hydrogen-bond donors (Lipinski definition) is 5. The molecule has 2 aromatic rings. The molecule has 0 radical (unpaired) electrons. The van der Waals surface area contributed by atoms with Gasteiger partial charge in [0.2, 0.25) is 23.3 Å². The second kappa shape index (κ2) is 13.0. The normalized spacial score (nSPS) is 18.8. The molecular formula is C19H23N11O7S3. The van der Waals surface area contributed by atoms with E-state index in [-0.39, 0.29) is 28.2 Å². The van der Waals surface area contributed by atoms with Crippen molar-refractivity contribution in [1.29, 1.82) is 0 Å². The highest BCUT2D eigenvalue weighted by Gasteiger charge is 2.54. The van der Waals surface area contributed by atoms with Gasteiger partial charge in [0.05, 0.1) is 0 Å². The standard InChI is InChI=1S/C19H23N11O7S3/c20-3-1-2-4-29-19(24-27-28-29)39-7-8-6-38-16-11(15(34)30(16)12(8)17(35)36)22-14(33)10(25-37-5-9(31)32)13-23-18(21)40-26-13/h11,16H,1-7,20H2,(H,22,33)(H,31,32)(H,35,36)(H2,21,23,26)/t11?,16-/m1/s1. The lowest BCUT2D eigenvalue weighted by Gasteiger charge is -2.49. The van der Waals surface area contributed by atoms with E-state index in [4.69, 9.17) is 16.6 Å². The molecule has 2 aliphatic heterocycles. The van der Waals surface area contributed by atoms with Gasteiger partial charge in [-0.25, -0.2) is 14.3 Å². The number of tetrazole rings is 1. The van der Waals surface area contributed by atoms with Crippen LogP contribution in [0.1, 0.15) is 18.7 Å². The van der Waals surface area contributed by atoms with Gasteiger partial charge in [-0.05, 0) is 35.4 Å². The summed E-state index contributed by atoms with van der Waals surface area (Å²) in [7, 11) is 0. The van der Waals surface area contributed by atoms with Crippen molar-refractivity contribution >= 4 is 69.7 Å². The number of carbonyl (C=O) groups is 4. The molecule has 4 heterocycles. The summed E-state index contributed by atoms with van der Waals surface area (Å²) < 4.78 is 5.49. The molecule has 214 valence electrons. The van der Waals surface area contributed by atoms with E-state index < -0.39 is 47.5 Å². The molecule has 18 nitrogen and oxygen atoms in total. The average Bonchev–Trinajstić information content (AvgIpc) is 3.56. The molecule has 2 amide bonds. The van der Waals surface area contributed by atoms with Gasteiger partial charge in [-0.2, -0.15) is 9.36 Å². The van der Waals surface area contributed by atoms with Gasteiger partial charge in [0.25, 0.3) is 11.8 Å². The monoisotopic (exact) mass is 613 g/mol. The number of aryl methyl sites for hydroxylation is 1. The summed E-state index contributed by atoms with van der Waals surface area (Å²) in [5.41, 5.74) is 10.9. The Kier molecular flexibility index (Phi) is 9.50. The van der Waals surface area contributed by atoms with Crippen molar-refractivity contribution in [3.05, 3.63) is 17.1 Å². The fraction of sp³-hybridized carbons (Fsp3) is 0.474. The summed E-state index contributed by atoms with van der Waals surface area (Å²) in [6, 6.07) is -1.09. The van der Waals surface area contributed by atoms with Crippen LogP contribution in [-0.2, 0) is 30.6 Å². The quantitative estimate of drug-likeness (QED) is 0.0516. The Bertz CT molecular complexity index is 1360. The Morgan fingerprint density at radius 2 is 2.08 bits per heavy atom. The van der Waals surface area contributed by atoms with E-state index in [0.717, 1.165) is 29.3 Å². The maximum Gasteiger partial charge on any atom is 0.352 e. The Balaban J connectivity index is 1.45. The Morgan fingerprint density at radius 1 is 1.27 bits per heavy atom. The maximum absolute atomic E-state index is 13.0. The van der Waals surface area contributed by atoms with E-state index in [1.54, 1.807) is 4.68 Å². The van der Waals surface area contributed by atoms with Crippen molar-refractivity contribution in [3.63, 3.8) is 0 Å². The first kappa shape index (κ1) is 29.2. The lowest BCUT2D eigenvalue weighted by Crippen LogP contribution is -2.71. The van der Waals surface area contributed by atoms with Crippen LogP contribution in [0, 0.1) is 0 Å². The zero-order valence-corrected chi connectivity index (χ0v) is 22.9. The molecule has 2 atom stereocenters. The molecular weight excluding hydrogens is 590 g/mol. The molecule has 1 unspecified atom stereocenters. The zero-order valence-electron chi connectivity index (χ0n) is 20.5. The van der Waals surface area contributed by atoms with E-state index in [1.165, 1.54) is 23.5 Å². The highest BCUT2D eigenvalue weighted by molar-refractivity contribution is 8.01. The number of unbranched alkanes of at least 4 members (excludes halogenated alkanes) is 1. The molecule has 1 fully saturated rings. The number of β-lactam (4-membered cyclic amide) rings is 1. The number of rotatable bonds is 14. The number of nitrogen functional groups attached to an aromatic ring is 1. The molecule has 0 saturated carbocycles. The smallest absolute Gasteiger partial charge is 0.352 e. The SMILES string of the molecule is NCCCCn1nnnc1SCC1=C(C(=O)O)N2C(=O)C(NC(=O)C(=NOCC(=O)O)c3nsc(N)n3)[C@H]2SC1. The van der Waals surface area contributed by atoms with Crippen LogP contribution >= 0.6 is 35.1 Å². The molecule has 40 heavy (non-hydrogen) atoms. The van der Waals surface area contributed by atoms with Crippen molar-refractivity contribution < 1.29 is 34.2 Å². The Morgan fingerprint density at radius 3 is 2.75 bits per heavy atom. The molecule has 4 rings (SSSR count). The summed E-state index contributed by atoms with van der Waals surface area (Å²) in [6.45, 7) is 0.278. The number of carboxylic acid groups (broad SMARTS) is 2. The maximum atomic E-state index is 13.0. The minimum atomic E-state index is -1.33. The molecule has 0 spiro atoms. The minimum Gasteiger partial charge on any atom is -0.479 e. The molecule has 2 aliphatic rings. The lowest BCUT2D eigenvalue weighted by molar-refractivity contribution is -0.150. The molecule has 1 saturated heterocycles. The first-order chi connectivity index (χ1) is 19.2. The lowest BCUT2D eigenvalue weighted by atomic mass is 10.0. The first-order valence-corrected chi connectivity index (χ1v) is 14.3. The molecule has 0 bridgehead atoms. The number of nitrogens with one attached hydrogen (secondary N) is 1. The zero-order chi connectivity index (χ0) is 28.8. The number of nitrogens with two attached hydrogens (primary N) is 2. The fourth-order valence-electron chi connectivity index (χ4n) is 3.67. The third kappa shape index (κ3) is 6.48. The van der Waals surface area contributed by atoms with Gasteiger partial charge in [-0.1, -0.05) is 16.9 Å². The van der Waals surface area contributed by atoms with Crippen molar-refractivity contribution in [3.8, 4) is 0 Å². The number of oxime groups is 1. The van der Waals surface area contributed by atoms with Crippen molar-refractivity contribution in [2.24, 2.45) is 10.9 Å². The van der Waals surface area contributed by atoms with Crippen molar-refractivity contribution in [2.45, 2.75) is 36.0 Å². The number of anilines is 1. The summed E-state index contributed by atoms with van der Waals surface area (Å²) in [5, 5.41) is 36.1. The Labute approximate surface area is 237 Å². The highest BCUT2D eigenvalue weighted by atomic mass is 32.2. The van der Waals surface area contributed by atoms with Gasteiger partial charge in [0.15, 0.2) is 5.13 Å². The van der Waals surface area contributed by atoms with Crippen LogP contribution in [0.2, 0.25) is 0 Å². The van der Waals surface area contributed by atoms with Crippen LogP contribution in [0.5, 0.6) is 0 Å². The Hall–Kier alpha value is -3.82. The molecule has 0 aromatic carbocycles. The number of carbonyl (C=O) groups excluding carboxylic acids is 2.